The molecule has 18 heavy (non-hydrogen) atoms. The molecule has 0 spiro atoms. The van der Waals surface area contributed by atoms with Crippen LogP contribution in [0.25, 0.3) is 0 Å². The number of ether oxygens (including phenoxy) is 1. The van der Waals surface area contributed by atoms with Crippen molar-refractivity contribution in [2.75, 3.05) is 7.11 Å². The van der Waals surface area contributed by atoms with Gasteiger partial charge in [-0.1, -0.05) is 13.8 Å². The van der Waals surface area contributed by atoms with Gasteiger partial charge in [-0.2, -0.15) is 0 Å². The molecule has 0 unspecified atom stereocenters. The van der Waals surface area contributed by atoms with Crippen LogP contribution in [0.1, 0.15) is 31.4 Å². The number of rotatable bonds is 5. The van der Waals surface area contributed by atoms with Crippen LogP contribution in [0.2, 0.25) is 0 Å². The molecule has 0 saturated heterocycles. The first-order valence-corrected chi connectivity index (χ1v) is 6.26. The molecule has 0 saturated carbocycles. The molecule has 0 bridgehead atoms. The van der Waals surface area contributed by atoms with Crippen LogP contribution in [0, 0.1) is 5.82 Å². The minimum atomic E-state index is -0.951. The second-order valence-corrected chi connectivity index (χ2v) is 5.68. The average molecular weight is 319 g/mol. The van der Waals surface area contributed by atoms with Crippen molar-refractivity contribution in [3.05, 3.63) is 33.5 Å². The fraction of sp³-hybridized carbons (Fsp3) is 0.462. The zero-order chi connectivity index (χ0) is 13.9. The summed E-state index contributed by atoms with van der Waals surface area (Å²) in [5.74, 6) is -1.37. The predicted octanol–water partition coefficient (Wildman–Crippen LogP) is 3.49. The first-order chi connectivity index (χ1) is 8.27. The van der Waals surface area contributed by atoms with Crippen molar-refractivity contribution < 1.29 is 19.0 Å². The molecule has 1 rings (SSSR count). The van der Waals surface area contributed by atoms with Gasteiger partial charge in [0.1, 0.15) is 5.82 Å². The third-order valence-corrected chi connectivity index (χ3v) is 3.30. The number of hydrogen-bond acceptors (Lipinski definition) is 2. The van der Waals surface area contributed by atoms with Crippen molar-refractivity contribution in [1.29, 1.82) is 0 Å². The smallest absolute Gasteiger partial charge is 0.304 e. The molecule has 0 atom stereocenters. The lowest BCUT2D eigenvalue weighted by molar-refractivity contribution is -0.138. The van der Waals surface area contributed by atoms with Gasteiger partial charge in [0.15, 0.2) is 0 Å². The Morgan fingerprint density at radius 2 is 2.11 bits per heavy atom. The van der Waals surface area contributed by atoms with Crippen molar-refractivity contribution >= 4 is 21.9 Å². The molecule has 3 nitrogen and oxygen atoms in total. The maximum Gasteiger partial charge on any atom is 0.304 e. The fourth-order valence-corrected chi connectivity index (χ4v) is 2.37. The number of carboxylic acid groups (broad SMARTS) is 1. The molecule has 1 aromatic carbocycles. The van der Waals surface area contributed by atoms with E-state index >= 15 is 0 Å². The van der Waals surface area contributed by atoms with E-state index < -0.39 is 17.2 Å². The van der Waals surface area contributed by atoms with Crippen LogP contribution in [0.15, 0.2) is 16.6 Å². The van der Waals surface area contributed by atoms with E-state index in [1.165, 1.54) is 0 Å². The van der Waals surface area contributed by atoms with Crippen LogP contribution >= 0.6 is 15.9 Å². The lowest BCUT2D eigenvalue weighted by Crippen LogP contribution is -2.23. The van der Waals surface area contributed by atoms with Gasteiger partial charge in [-0.25, -0.2) is 4.39 Å². The highest BCUT2D eigenvalue weighted by Crippen LogP contribution is 2.33. The quantitative estimate of drug-likeness (QED) is 0.904. The second-order valence-electron chi connectivity index (χ2n) is 4.83. The van der Waals surface area contributed by atoms with E-state index in [-0.39, 0.29) is 6.42 Å². The third-order valence-electron chi connectivity index (χ3n) is 2.72. The highest BCUT2D eigenvalue weighted by atomic mass is 79.9. The van der Waals surface area contributed by atoms with E-state index in [0.29, 0.717) is 16.6 Å². The minimum Gasteiger partial charge on any atom is -0.481 e. The van der Waals surface area contributed by atoms with Gasteiger partial charge in [0.25, 0.3) is 0 Å². The van der Waals surface area contributed by atoms with E-state index in [4.69, 9.17) is 9.84 Å². The number of carbonyl (C=O) groups is 1. The van der Waals surface area contributed by atoms with Gasteiger partial charge in [-0.3, -0.25) is 4.79 Å². The maximum atomic E-state index is 14.1. The van der Waals surface area contributed by atoms with Gasteiger partial charge in [-0.05, 0) is 39.2 Å². The number of carboxylic acids is 1. The average Bonchev–Trinajstić information content (AvgIpc) is 2.21. The highest BCUT2D eigenvalue weighted by Gasteiger charge is 2.28. The summed E-state index contributed by atoms with van der Waals surface area (Å²) >= 11 is 3.15. The van der Waals surface area contributed by atoms with Crippen molar-refractivity contribution in [2.45, 2.75) is 32.3 Å². The highest BCUT2D eigenvalue weighted by molar-refractivity contribution is 9.10. The summed E-state index contributed by atoms with van der Waals surface area (Å²) in [6.45, 7) is 3.78. The predicted molar refractivity (Wildman–Crippen MR) is 70.1 cm³/mol. The number of benzene rings is 1. The summed E-state index contributed by atoms with van der Waals surface area (Å²) in [4.78, 5) is 10.8. The lowest BCUT2D eigenvalue weighted by Gasteiger charge is -2.25. The van der Waals surface area contributed by atoms with E-state index in [9.17, 15) is 9.18 Å². The molecule has 0 aliphatic heterocycles. The van der Waals surface area contributed by atoms with Crippen molar-refractivity contribution in [3.8, 4) is 0 Å². The monoisotopic (exact) mass is 318 g/mol. The molecular weight excluding hydrogens is 303 g/mol. The first kappa shape index (κ1) is 15.1. The van der Waals surface area contributed by atoms with Crippen molar-refractivity contribution in [2.24, 2.45) is 0 Å². The standard InChI is InChI=1S/C13H16BrFO3/c1-13(2,6-11(16)17)9-4-8(7-18-3)5-10(14)12(9)15/h4-5H,6-7H2,1-3H3,(H,16,17). The Labute approximate surface area is 114 Å². The Morgan fingerprint density at radius 1 is 1.50 bits per heavy atom. The number of halogens is 2. The zero-order valence-electron chi connectivity index (χ0n) is 10.6. The summed E-state index contributed by atoms with van der Waals surface area (Å²) in [5.41, 5.74) is 0.410. The Hall–Kier alpha value is -0.940. The lowest BCUT2D eigenvalue weighted by atomic mass is 9.80. The third kappa shape index (κ3) is 3.53. The molecule has 0 aliphatic rings. The Kier molecular flexibility index (Phi) is 4.87. The van der Waals surface area contributed by atoms with Gasteiger partial charge >= 0.3 is 5.97 Å². The van der Waals surface area contributed by atoms with Gasteiger partial charge in [-0.15, -0.1) is 0 Å². The summed E-state index contributed by atoms with van der Waals surface area (Å²) in [7, 11) is 1.55. The van der Waals surface area contributed by atoms with Gasteiger partial charge in [0.05, 0.1) is 17.5 Å². The second kappa shape index (κ2) is 5.80. The van der Waals surface area contributed by atoms with E-state index in [1.54, 1.807) is 33.1 Å². The van der Waals surface area contributed by atoms with Crippen LogP contribution in [-0.2, 0) is 21.6 Å². The van der Waals surface area contributed by atoms with Crippen LogP contribution in [-0.4, -0.2) is 18.2 Å². The molecule has 1 N–H and O–H groups in total. The first-order valence-electron chi connectivity index (χ1n) is 5.47. The van der Waals surface area contributed by atoms with Gasteiger partial charge < -0.3 is 9.84 Å². The minimum absolute atomic E-state index is 0.132. The largest absolute Gasteiger partial charge is 0.481 e. The molecule has 5 heteroatoms. The molecule has 0 aliphatic carbocycles. The van der Waals surface area contributed by atoms with E-state index in [2.05, 4.69) is 15.9 Å². The number of hydrogen-bond donors (Lipinski definition) is 1. The van der Waals surface area contributed by atoms with Crippen LogP contribution in [0.5, 0.6) is 0 Å². The SMILES string of the molecule is COCc1cc(Br)c(F)c(C(C)(C)CC(=O)O)c1. The van der Waals surface area contributed by atoms with Crippen LogP contribution in [0.4, 0.5) is 4.39 Å². The summed E-state index contributed by atoms with van der Waals surface area (Å²) < 4.78 is 19.4. The fourth-order valence-electron chi connectivity index (χ4n) is 1.86. The summed E-state index contributed by atoms with van der Waals surface area (Å²) in [6, 6.07) is 3.30. The normalized spacial score (nSPS) is 11.6. The maximum absolute atomic E-state index is 14.1. The van der Waals surface area contributed by atoms with Crippen LogP contribution in [0.3, 0.4) is 0 Å². The molecule has 1 aromatic rings. The molecule has 100 valence electrons. The zero-order valence-corrected chi connectivity index (χ0v) is 12.2. The summed E-state index contributed by atoms with van der Waals surface area (Å²) in [5, 5.41) is 8.88. The molecule has 0 fully saturated rings. The molecule has 0 radical (unpaired) electrons. The Morgan fingerprint density at radius 3 is 2.61 bits per heavy atom. The topological polar surface area (TPSA) is 46.5 Å². The van der Waals surface area contributed by atoms with Crippen molar-refractivity contribution in [3.63, 3.8) is 0 Å². The Balaban J connectivity index is 3.25. The molecule has 0 aromatic heterocycles. The van der Waals surface area contributed by atoms with E-state index in [0.717, 1.165) is 5.56 Å². The number of methoxy groups -OCH3 is 1. The van der Waals surface area contributed by atoms with Gasteiger partial charge in [0, 0.05) is 12.5 Å². The Bertz CT molecular complexity index is 458. The number of aliphatic carboxylic acids is 1. The van der Waals surface area contributed by atoms with E-state index in [1.807, 2.05) is 0 Å². The molecular formula is C13H16BrFO3. The molecule has 0 amide bonds. The summed E-state index contributed by atoms with van der Waals surface area (Å²) in [6.07, 6.45) is -0.132. The van der Waals surface area contributed by atoms with Gasteiger partial charge in [0.2, 0.25) is 0 Å². The molecule has 0 heterocycles. The van der Waals surface area contributed by atoms with Crippen LogP contribution < -0.4 is 0 Å². The van der Waals surface area contributed by atoms with Crippen molar-refractivity contribution in [1.82, 2.24) is 0 Å².